The molecule has 1 saturated heterocycles. The van der Waals surface area contributed by atoms with E-state index in [0.29, 0.717) is 17.7 Å². The Bertz CT molecular complexity index is 1090. The maximum atomic E-state index is 13.3. The molecule has 8 heteroatoms. The van der Waals surface area contributed by atoms with Gasteiger partial charge in [0.15, 0.2) is 5.78 Å². The topological polar surface area (TPSA) is 58.6 Å². The first-order valence-corrected chi connectivity index (χ1v) is 10.9. The average molecular weight is 458 g/mol. The van der Waals surface area contributed by atoms with Crippen molar-refractivity contribution < 1.29 is 27.5 Å². The smallest absolute Gasteiger partial charge is 0.416 e. The van der Waals surface area contributed by atoms with Crippen molar-refractivity contribution in [3.05, 3.63) is 76.0 Å². The summed E-state index contributed by atoms with van der Waals surface area (Å²) in [6.07, 6.45) is -2.06. The minimum absolute atomic E-state index is 0.0313. The molecule has 0 aromatic heterocycles. The van der Waals surface area contributed by atoms with E-state index in [1.807, 2.05) is 0 Å². The highest BCUT2D eigenvalue weighted by atomic mass is 19.4. The first kappa shape index (κ1) is 23.0. The van der Waals surface area contributed by atoms with Crippen LogP contribution in [0.1, 0.15) is 51.6 Å². The number of hydrogen-bond donors (Lipinski definition) is 1. The van der Waals surface area contributed by atoms with Gasteiger partial charge in [-0.1, -0.05) is 24.3 Å². The normalized spacial score (nSPS) is 16.8. The summed E-state index contributed by atoms with van der Waals surface area (Å²) in [4.78, 5) is 28.5. The lowest BCUT2D eigenvalue weighted by molar-refractivity contribution is -0.137. The van der Waals surface area contributed by atoms with E-state index in [2.05, 4.69) is 10.2 Å². The van der Waals surface area contributed by atoms with Crippen molar-refractivity contribution in [2.75, 3.05) is 26.2 Å². The average Bonchev–Trinajstić information content (AvgIpc) is 3.31. The Labute approximate surface area is 190 Å². The molecule has 1 fully saturated rings. The number of nitrogens with zero attached hydrogens (tertiary/aromatic N) is 1. The van der Waals surface area contributed by atoms with Crippen LogP contribution in [0, 0.1) is 0 Å². The van der Waals surface area contributed by atoms with Crippen molar-refractivity contribution in [2.45, 2.75) is 32.5 Å². The van der Waals surface area contributed by atoms with Crippen molar-refractivity contribution >= 4 is 11.6 Å². The van der Waals surface area contributed by atoms with Gasteiger partial charge in [-0.2, -0.15) is 13.2 Å². The second-order valence-electron chi connectivity index (χ2n) is 8.30. The van der Waals surface area contributed by atoms with Crippen molar-refractivity contribution in [3.63, 3.8) is 0 Å². The third kappa shape index (κ3) is 4.95. The highest BCUT2D eigenvalue weighted by Crippen LogP contribution is 2.33. The molecule has 2 aromatic carbocycles. The van der Waals surface area contributed by atoms with Crippen LogP contribution in [0.3, 0.4) is 0 Å². The van der Waals surface area contributed by atoms with Crippen LogP contribution in [-0.2, 0) is 12.8 Å². The highest BCUT2D eigenvalue weighted by molar-refractivity contribution is 6.27. The zero-order chi connectivity index (χ0) is 23.6. The second kappa shape index (κ2) is 9.39. The van der Waals surface area contributed by atoms with Gasteiger partial charge in [0.05, 0.1) is 16.8 Å². The lowest BCUT2D eigenvalue weighted by atomic mass is 9.87. The summed E-state index contributed by atoms with van der Waals surface area (Å²) in [5.74, 6) is -0.322. The molecule has 1 heterocycles. The monoisotopic (exact) mass is 458 g/mol. The minimum Gasteiger partial charge on any atom is -0.488 e. The van der Waals surface area contributed by atoms with Crippen LogP contribution in [0.15, 0.2) is 53.7 Å². The number of allylic oxidation sites excluding steroid dienone is 2. The number of rotatable bonds is 7. The lowest BCUT2D eigenvalue weighted by Crippen LogP contribution is -2.35. The second-order valence-corrected chi connectivity index (χ2v) is 8.30. The van der Waals surface area contributed by atoms with Crippen LogP contribution in [-0.4, -0.2) is 42.6 Å². The number of ether oxygens (including phenoxy) is 1. The molecular weight excluding hydrogens is 433 g/mol. The molecule has 1 aliphatic heterocycles. The molecule has 0 unspecified atom stereocenters. The van der Waals surface area contributed by atoms with Crippen LogP contribution in [0.5, 0.6) is 5.75 Å². The number of ketones is 2. The van der Waals surface area contributed by atoms with Gasteiger partial charge in [-0.15, -0.1) is 0 Å². The van der Waals surface area contributed by atoms with Gasteiger partial charge in [0.2, 0.25) is 5.78 Å². The van der Waals surface area contributed by atoms with E-state index >= 15 is 0 Å². The summed E-state index contributed by atoms with van der Waals surface area (Å²) in [7, 11) is 0. The fourth-order valence-electron chi connectivity index (χ4n) is 4.19. The van der Waals surface area contributed by atoms with E-state index in [4.69, 9.17) is 4.74 Å². The Hall–Kier alpha value is -3.13. The van der Waals surface area contributed by atoms with Gasteiger partial charge in [-0.3, -0.25) is 9.59 Å². The van der Waals surface area contributed by atoms with Gasteiger partial charge in [-0.25, -0.2) is 0 Å². The van der Waals surface area contributed by atoms with E-state index in [9.17, 15) is 22.8 Å². The first-order chi connectivity index (χ1) is 15.8. The molecule has 0 amide bonds. The number of carbonyl (C=O) groups excluding carboxylic acids is 2. The maximum Gasteiger partial charge on any atom is 0.416 e. The molecule has 174 valence electrons. The Morgan fingerprint density at radius 2 is 1.70 bits per heavy atom. The van der Waals surface area contributed by atoms with E-state index in [-0.39, 0.29) is 40.7 Å². The number of halogens is 3. The van der Waals surface area contributed by atoms with Gasteiger partial charge < -0.3 is 15.0 Å². The first-order valence-electron chi connectivity index (χ1n) is 10.9. The number of Topliss-reactive ketones (excluding diaryl/α,β-unsaturated/α-hetero) is 2. The Morgan fingerprint density at radius 3 is 2.36 bits per heavy atom. The Morgan fingerprint density at radius 1 is 1.00 bits per heavy atom. The Balaban J connectivity index is 1.49. The quantitative estimate of drug-likeness (QED) is 0.656. The van der Waals surface area contributed by atoms with Gasteiger partial charge >= 0.3 is 6.18 Å². The number of alkyl halides is 3. The summed E-state index contributed by atoms with van der Waals surface area (Å²) >= 11 is 0. The summed E-state index contributed by atoms with van der Waals surface area (Å²) in [5, 5.41) is 3.15. The van der Waals surface area contributed by atoms with Crippen LogP contribution in [0.4, 0.5) is 13.2 Å². The van der Waals surface area contributed by atoms with Crippen molar-refractivity contribution in [3.8, 4) is 5.75 Å². The van der Waals surface area contributed by atoms with Crippen LogP contribution in [0.2, 0.25) is 0 Å². The van der Waals surface area contributed by atoms with Crippen LogP contribution >= 0.6 is 0 Å². The number of likely N-dealkylation sites (tertiary alicyclic amines) is 1. The maximum absolute atomic E-state index is 13.3. The molecule has 2 aliphatic rings. The summed E-state index contributed by atoms with van der Waals surface area (Å²) in [6, 6.07) is 9.46. The summed E-state index contributed by atoms with van der Waals surface area (Å²) in [6.45, 7) is 5.02. The van der Waals surface area contributed by atoms with E-state index in [0.717, 1.165) is 31.8 Å². The van der Waals surface area contributed by atoms with Crippen LogP contribution in [0.25, 0.3) is 0 Å². The number of benzene rings is 2. The lowest BCUT2D eigenvalue weighted by Gasteiger charge is -2.23. The molecule has 0 atom stereocenters. The van der Waals surface area contributed by atoms with Crippen molar-refractivity contribution in [1.29, 1.82) is 0 Å². The molecule has 0 saturated carbocycles. The zero-order valence-electron chi connectivity index (χ0n) is 18.3. The molecule has 1 N–H and O–H groups in total. The SMILES string of the molecule is CC1=C(NCCN2CCCC2)C(=O)c2c(OCc3ccc(C(F)(F)F)cc3)cccc2C1=O. The van der Waals surface area contributed by atoms with Gasteiger partial charge in [0.1, 0.15) is 12.4 Å². The molecule has 0 radical (unpaired) electrons. The predicted octanol–water partition coefficient (Wildman–Crippen LogP) is 4.62. The molecule has 5 nitrogen and oxygen atoms in total. The third-order valence-electron chi connectivity index (χ3n) is 6.04. The minimum atomic E-state index is -4.41. The molecule has 33 heavy (non-hydrogen) atoms. The van der Waals surface area contributed by atoms with Gasteiger partial charge in [0.25, 0.3) is 0 Å². The molecular formula is C25H25F3N2O3. The van der Waals surface area contributed by atoms with Gasteiger partial charge in [-0.05, 0) is 56.6 Å². The summed E-state index contributed by atoms with van der Waals surface area (Å²) in [5.41, 5.74) is 0.877. The van der Waals surface area contributed by atoms with Crippen molar-refractivity contribution in [2.24, 2.45) is 0 Å². The number of fused-ring (bicyclic) bond motifs is 1. The fourth-order valence-corrected chi connectivity index (χ4v) is 4.19. The highest BCUT2D eigenvalue weighted by Gasteiger charge is 2.33. The molecule has 0 bridgehead atoms. The third-order valence-corrected chi connectivity index (χ3v) is 6.04. The molecule has 4 rings (SSSR count). The van der Waals surface area contributed by atoms with E-state index in [1.165, 1.54) is 25.0 Å². The molecule has 0 spiro atoms. The van der Waals surface area contributed by atoms with Gasteiger partial charge in [0, 0.05) is 24.2 Å². The predicted molar refractivity (Wildman–Crippen MR) is 117 cm³/mol. The fraction of sp³-hybridized carbons (Fsp3) is 0.360. The Kier molecular flexibility index (Phi) is 6.56. The zero-order valence-corrected chi connectivity index (χ0v) is 18.3. The molecule has 1 aliphatic carbocycles. The van der Waals surface area contributed by atoms with E-state index in [1.54, 1.807) is 25.1 Å². The summed E-state index contributed by atoms with van der Waals surface area (Å²) < 4.78 is 44.1. The van der Waals surface area contributed by atoms with E-state index < -0.39 is 11.7 Å². The number of nitrogens with one attached hydrogen (secondary N) is 1. The van der Waals surface area contributed by atoms with Crippen LogP contribution < -0.4 is 10.1 Å². The number of hydrogen-bond acceptors (Lipinski definition) is 5. The molecule has 2 aromatic rings. The number of carbonyl (C=O) groups is 2. The standard InChI is InChI=1S/C25H25F3N2O3/c1-16-22(29-11-14-30-12-2-3-13-30)24(32)21-19(23(16)31)5-4-6-20(21)33-15-17-7-9-18(10-8-17)25(26,27)28/h4-10,29H,2-3,11-15H2,1H3. The van der Waals surface area contributed by atoms with Crippen molar-refractivity contribution in [1.82, 2.24) is 10.2 Å². The largest absolute Gasteiger partial charge is 0.488 e.